The first-order valence-corrected chi connectivity index (χ1v) is 9.49. The van der Waals surface area contributed by atoms with Crippen LogP contribution in [0, 0.1) is 11.3 Å². The van der Waals surface area contributed by atoms with Gasteiger partial charge in [0, 0.05) is 32.5 Å². The summed E-state index contributed by atoms with van der Waals surface area (Å²) in [5, 5.41) is 9.96. The molecule has 2 heterocycles. The molecule has 0 radical (unpaired) electrons. The highest BCUT2D eigenvalue weighted by Gasteiger charge is 2.45. The van der Waals surface area contributed by atoms with Gasteiger partial charge in [-0.2, -0.15) is 0 Å². The monoisotopic (exact) mass is 368 g/mol. The first-order chi connectivity index (χ1) is 12.1. The Morgan fingerprint density at radius 3 is 2.31 bits per heavy atom. The zero-order valence-electron chi connectivity index (χ0n) is 16.4. The van der Waals surface area contributed by atoms with E-state index in [1.54, 1.807) is 0 Å². The van der Waals surface area contributed by atoms with E-state index in [1.165, 1.54) is 12.0 Å². The quantitative estimate of drug-likeness (QED) is 0.753. The number of β-amino-alcohol motifs (C(OH)–C–C–N with tert-alkyl or cyclic N) is 1. The summed E-state index contributed by atoms with van der Waals surface area (Å²) < 4.78 is 4.79. The third-order valence-electron chi connectivity index (χ3n) is 5.47. The van der Waals surface area contributed by atoms with E-state index in [0.717, 1.165) is 32.4 Å². The molecular formula is C19H32N2O5. The van der Waals surface area contributed by atoms with Crippen molar-refractivity contribution in [3.63, 3.8) is 0 Å². The van der Waals surface area contributed by atoms with Gasteiger partial charge in [0.25, 0.3) is 0 Å². The maximum Gasteiger partial charge on any atom is 0.328 e. The van der Waals surface area contributed by atoms with Crippen LogP contribution < -0.4 is 0 Å². The van der Waals surface area contributed by atoms with Gasteiger partial charge in [-0.3, -0.25) is 9.59 Å². The summed E-state index contributed by atoms with van der Waals surface area (Å²) in [4.78, 5) is 41.2. The molecule has 2 amide bonds. The number of aliphatic hydroxyl groups is 1. The number of hydrogen-bond acceptors (Lipinski definition) is 5. The largest absolute Gasteiger partial charge is 0.467 e. The molecule has 0 saturated carbocycles. The van der Waals surface area contributed by atoms with Crippen molar-refractivity contribution in [1.82, 2.24) is 9.80 Å². The summed E-state index contributed by atoms with van der Waals surface area (Å²) in [6.07, 6.45) is 2.70. The summed E-state index contributed by atoms with van der Waals surface area (Å²) in [5.74, 6) is -1.33. The van der Waals surface area contributed by atoms with Crippen molar-refractivity contribution >= 4 is 17.8 Å². The fraction of sp³-hybridized carbons (Fsp3) is 0.842. The predicted molar refractivity (Wildman–Crippen MR) is 96.1 cm³/mol. The highest BCUT2D eigenvalue weighted by molar-refractivity contribution is 5.90. The van der Waals surface area contributed by atoms with Crippen LogP contribution in [0.15, 0.2) is 0 Å². The second-order valence-corrected chi connectivity index (χ2v) is 8.48. The molecule has 148 valence electrons. The minimum Gasteiger partial charge on any atom is -0.467 e. The van der Waals surface area contributed by atoms with E-state index in [2.05, 4.69) is 0 Å². The fourth-order valence-corrected chi connectivity index (χ4v) is 3.83. The molecule has 0 aromatic heterocycles. The summed E-state index contributed by atoms with van der Waals surface area (Å²) >= 11 is 0. The first-order valence-electron chi connectivity index (χ1n) is 9.49. The molecule has 2 fully saturated rings. The average Bonchev–Trinajstić information content (AvgIpc) is 2.99. The Hall–Kier alpha value is -1.63. The molecule has 3 atom stereocenters. The molecule has 0 bridgehead atoms. The van der Waals surface area contributed by atoms with Crippen LogP contribution in [0.2, 0.25) is 0 Å². The standard InChI is InChI=1S/C19H32N2O5/c1-19(2,3)14(11-16(23)20-8-6-5-7-9-20)17(24)21-12-13(22)10-15(21)18(25)26-4/h13-15,22H,5-12H2,1-4H3/t13-,14+,15-/m0/s1. The van der Waals surface area contributed by atoms with Gasteiger partial charge >= 0.3 is 5.97 Å². The normalized spacial score (nSPS) is 25.1. The van der Waals surface area contributed by atoms with Crippen LogP contribution in [0.4, 0.5) is 0 Å². The second kappa shape index (κ2) is 8.37. The van der Waals surface area contributed by atoms with E-state index in [1.807, 2.05) is 25.7 Å². The van der Waals surface area contributed by atoms with E-state index in [9.17, 15) is 19.5 Å². The average molecular weight is 368 g/mol. The van der Waals surface area contributed by atoms with Crippen LogP contribution in [-0.4, -0.2) is 71.6 Å². The number of hydrogen-bond donors (Lipinski definition) is 1. The van der Waals surface area contributed by atoms with Gasteiger partial charge in [0.05, 0.1) is 19.1 Å². The third-order valence-corrected chi connectivity index (χ3v) is 5.47. The summed E-state index contributed by atoms with van der Waals surface area (Å²) in [6, 6.07) is -0.780. The molecule has 0 aromatic rings. The molecule has 0 unspecified atom stereocenters. The number of piperidine rings is 1. The number of aliphatic hydroxyl groups excluding tert-OH is 1. The van der Waals surface area contributed by atoms with E-state index >= 15 is 0 Å². The van der Waals surface area contributed by atoms with Crippen molar-refractivity contribution in [1.29, 1.82) is 0 Å². The molecule has 7 heteroatoms. The number of ether oxygens (including phenoxy) is 1. The molecule has 0 aliphatic carbocycles. The molecule has 2 saturated heterocycles. The Labute approximate surface area is 155 Å². The van der Waals surface area contributed by atoms with Crippen molar-refractivity contribution in [2.24, 2.45) is 11.3 Å². The number of methoxy groups -OCH3 is 1. The number of rotatable bonds is 4. The molecule has 2 aliphatic heterocycles. The van der Waals surface area contributed by atoms with Crippen LogP contribution in [0.5, 0.6) is 0 Å². The van der Waals surface area contributed by atoms with Crippen LogP contribution in [-0.2, 0) is 19.1 Å². The first kappa shape index (κ1) is 20.7. The van der Waals surface area contributed by atoms with E-state index in [-0.39, 0.29) is 31.2 Å². The zero-order valence-corrected chi connectivity index (χ0v) is 16.4. The second-order valence-electron chi connectivity index (χ2n) is 8.48. The van der Waals surface area contributed by atoms with Gasteiger partial charge in [-0.25, -0.2) is 4.79 Å². The molecular weight excluding hydrogens is 336 g/mol. The molecule has 1 N–H and O–H groups in total. The molecule has 0 spiro atoms. The van der Waals surface area contributed by atoms with Crippen molar-refractivity contribution in [2.45, 2.75) is 65.0 Å². The van der Waals surface area contributed by atoms with Crippen molar-refractivity contribution < 1.29 is 24.2 Å². The van der Waals surface area contributed by atoms with Gasteiger partial charge < -0.3 is 19.6 Å². The number of esters is 1. The van der Waals surface area contributed by atoms with Crippen LogP contribution in [0.25, 0.3) is 0 Å². The van der Waals surface area contributed by atoms with Crippen molar-refractivity contribution in [2.75, 3.05) is 26.7 Å². The summed E-state index contributed by atoms with van der Waals surface area (Å²) in [7, 11) is 1.27. The predicted octanol–water partition coefficient (Wildman–Crippen LogP) is 1.19. The lowest BCUT2D eigenvalue weighted by molar-refractivity contribution is -0.155. The number of carbonyl (C=O) groups excluding carboxylic acids is 3. The number of nitrogens with zero attached hydrogens (tertiary/aromatic N) is 2. The minimum atomic E-state index is -0.780. The molecule has 7 nitrogen and oxygen atoms in total. The highest BCUT2D eigenvalue weighted by Crippen LogP contribution is 2.34. The lowest BCUT2D eigenvalue weighted by Crippen LogP contribution is -2.49. The van der Waals surface area contributed by atoms with Gasteiger partial charge in [-0.1, -0.05) is 20.8 Å². The van der Waals surface area contributed by atoms with Crippen molar-refractivity contribution in [3.8, 4) is 0 Å². The van der Waals surface area contributed by atoms with Gasteiger partial charge in [0.2, 0.25) is 11.8 Å². The van der Waals surface area contributed by atoms with Crippen molar-refractivity contribution in [3.05, 3.63) is 0 Å². The topological polar surface area (TPSA) is 87.1 Å². The van der Waals surface area contributed by atoms with Gasteiger partial charge in [-0.05, 0) is 24.7 Å². The Bertz CT molecular complexity index is 537. The molecule has 2 rings (SSSR count). The van der Waals surface area contributed by atoms with E-state index in [0.29, 0.717) is 0 Å². The zero-order chi connectivity index (χ0) is 19.5. The van der Waals surface area contributed by atoms with E-state index in [4.69, 9.17) is 4.74 Å². The number of likely N-dealkylation sites (tertiary alicyclic amines) is 2. The number of amides is 2. The van der Waals surface area contributed by atoms with E-state index < -0.39 is 29.4 Å². The van der Waals surface area contributed by atoms with Crippen LogP contribution in [0.3, 0.4) is 0 Å². The van der Waals surface area contributed by atoms with Crippen LogP contribution >= 0.6 is 0 Å². The lowest BCUT2D eigenvalue weighted by Gasteiger charge is -2.36. The third kappa shape index (κ3) is 4.75. The van der Waals surface area contributed by atoms with Gasteiger partial charge in [0.1, 0.15) is 6.04 Å². The van der Waals surface area contributed by atoms with Crippen LogP contribution in [0.1, 0.15) is 52.9 Å². The van der Waals surface area contributed by atoms with Gasteiger partial charge in [-0.15, -0.1) is 0 Å². The Balaban J connectivity index is 2.16. The number of carbonyl (C=O) groups is 3. The summed E-state index contributed by atoms with van der Waals surface area (Å²) in [6.45, 7) is 7.38. The minimum absolute atomic E-state index is 0.00709. The molecule has 2 aliphatic rings. The fourth-order valence-electron chi connectivity index (χ4n) is 3.83. The smallest absolute Gasteiger partial charge is 0.328 e. The molecule has 0 aromatic carbocycles. The lowest BCUT2D eigenvalue weighted by atomic mass is 9.77. The summed E-state index contributed by atoms with van der Waals surface area (Å²) in [5.41, 5.74) is -0.434. The maximum atomic E-state index is 13.2. The SMILES string of the molecule is COC(=O)[C@@H]1C[C@H](O)CN1C(=O)[C@@H](CC(=O)N1CCCCC1)C(C)(C)C. The van der Waals surface area contributed by atoms with Gasteiger partial charge in [0.15, 0.2) is 0 Å². The maximum absolute atomic E-state index is 13.2. The Morgan fingerprint density at radius 1 is 1.15 bits per heavy atom. The Kier molecular flexibility index (Phi) is 6.66. The highest BCUT2D eigenvalue weighted by atomic mass is 16.5. The Morgan fingerprint density at radius 2 is 1.77 bits per heavy atom. The molecule has 26 heavy (non-hydrogen) atoms.